The van der Waals surface area contributed by atoms with Crippen molar-refractivity contribution in [1.82, 2.24) is 15.6 Å². The predicted octanol–water partition coefficient (Wildman–Crippen LogP) is 2.68. The molecule has 0 aromatic heterocycles. The molecule has 27 heavy (non-hydrogen) atoms. The molecule has 7 heteroatoms. The number of carbonyl (C=O) groups excluding carboxylic acids is 2. The van der Waals surface area contributed by atoms with E-state index in [-0.39, 0.29) is 29.7 Å². The van der Waals surface area contributed by atoms with Crippen LogP contribution < -0.4 is 10.7 Å². The molecule has 1 unspecified atom stereocenters. The lowest BCUT2D eigenvalue weighted by molar-refractivity contribution is -0.137. The van der Waals surface area contributed by atoms with Gasteiger partial charge in [-0.2, -0.15) is 11.5 Å². The number of likely N-dealkylation sites (tertiary alicyclic amines) is 1. The zero-order chi connectivity index (χ0) is 19.9. The minimum absolute atomic E-state index is 0.0979. The Morgan fingerprint density at radius 3 is 2.56 bits per heavy atom. The van der Waals surface area contributed by atoms with E-state index in [1.54, 1.807) is 4.90 Å². The predicted molar refractivity (Wildman–Crippen MR) is 106 cm³/mol. The van der Waals surface area contributed by atoms with E-state index in [4.69, 9.17) is 6.57 Å². The fraction of sp³-hybridized carbons (Fsp3) is 0.800. The average molecular weight is 376 g/mol. The molecule has 1 atom stereocenters. The summed E-state index contributed by atoms with van der Waals surface area (Å²) < 4.78 is 0. The van der Waals surface area contributed by atoms with E-state index >= 15 is 0 Å². The third-order valence-electron chi connectivity index (χ3n) is 5.70. The number of nitrogens with one attached hydrogen (secondary N) is 2. The number of hydrogen-bond donors (Lipinski definition) is 2. The first-order chi connectivity index (χ1) is 12.9. The minimum Gasteiger partial charge on any atom is -0.346 e. The number of guanidine groups is 1. The standard InChI is InChI=1S/C20H33N5O2/c1-5-20(2,3)23-19(24-21-4)22-16-12-8-9-13-25(18(16)27)14-17(26)15-10-6-7-11-15/h15-16H,5-14H2,1-3H3,(H2,22,23,24). The van der Waals surface area contributed by atoms with Crippen LogP contribution in [0.4, 0.5) is 0 Å². The van der Waals surface area contributed by atoms with Crippen molar-refractivity contribution in [3.05, 3.63) is 11.5 Å². The summed E-state index contributed by atoms with van der Waals surface area (Å²) in [6.45, 7) is 14.0. The molecule has 1 saturated heterocycles. The van der Waals surface area contributed by atoms with Crippen LogP contribution in [-0.2, 0) is 9.59 Å². The molecule has 2 rings (SSSR count). The van der Waals surface area contributed by atoms with E-state index in [9.17, 15) is 9.59 Å². The molecule has 0 radical (unpaired) electrons. The van der Waals surface area contributed by atoms with Gasteiger partial charge in [-0.05, 0) is 52.4 Å². The Morgan fingerprint density at radius 1 is 1.26 bits per heavy atom. The quantitative estimate of drug-likeness (QED) is 0.324. The highest BCUT2D eigenvalue weighted by atomic mass is 16.2. The first kappa shape index (κ1) is 21.2. The van der Waals surface area contributed by atoms with E-state index in [1.807, 2.05) is 13.8 Å². The van der Waals surface area contributed by atoms with Crippen LogP contribution in [0.2, 0.25) is 0 Å². The molecule has 1 saturated carbocycles. The summed E-state index contributed by atoms with van der Waals surface area (Å²) in [4.78, 5) is 35.0. The fourth-order valence-electron chi connectivity index (χ4n) is 3.63. The Hall–Kier alpha value is -2.10. The molecule has 2 aliphatic rings. The van der Waals surface area contributed by atoms with Crippen LogP contribution in [0.1, 0.15) is 72.1 Å². The molecule has 0 aromatic rings. The van der Waals surface area contributed by atoms with Gasteiger partial charge in [0, 0.05) is 18.0 Å². The number of ketones is 1. The van der Waals surface area contributed by atoms with E-state index < -0.39 is 6.04 Å². The van der Waals surface area contributed by atoms with Crippen molar-refractivity contribution >= 4 is 17.6 Å². The molecule has 0 bridgehead atoms. The fourth-order valence-corrected chi connectivity index (χ4v) is 3.63. The van der Waals surface area contributed by atoms with Crippen molar-refractivity contribution < 1.29 is 9.59 Å². The molecular formula is C20H33N5O2. The van der Waals surface area contributed by atoms with Crippen molar-refractivity contribution in [2.75, 3.05) is 13.1 Å². The summed E-state index contributed by atoms with van der Waals surface area (Å²) in [6.07, 6.45) is 7.40. The highest BCUT2D eigenvalue weighted by Crippen LogP contribution is 2.26. The summed E-state index contributed by atoms with van der Waals surface area (Å²) in [5, 5.41) is 3.22. The Balaban J connectivity index is 2.10. The smallest absolute Gasteiger partial charge is 0.263 e. The van der Waals surface area contributed by atoms with Crippen molar-refractivity contribution in [1.29, 1.82) is 0 Å². The Labute approximate surface area is 162 Å². The summed E-state index contributed by atoms with van der Waals surface area (Å²) in [6, 6.07) is -0.548. The van der Waals surface area contributed by atoms with Gasteiger partial charge in [0.2, 0.25) is 5.91 Å². The number of hydrogen-bond acceptors (Lipinski definition) is 3. The van der Waals surface area contributed by atoms with Crippen LogP contribution in [0.25, 0.3) is 4.95 Å². The molecule has 1 heterocycles. The molecule has 150 valence electrons. The Morgan fingerprint density at radius 2 is 1.93 bits per heavy atom. The van der Waals surface area contributed by atoms with Gasteiger partial charge in [0.1, 0.15) is 6.04 Å². The number of aliphatic imine (C=N–C) groups is 1. The molecule has 1 aliphatic carbocycles. The second-order valence-electron chi connectivity index (χ2n) is 8.28. The zero-order valence-electron chi connectivity index (χ0n) is 16.9. The third-order valence-corrected chi connectivity index (χ3v) is 5.70. The number of rotatable bonds is 6. The third kappa shape index (κ3) is 6.23. The lowest BCUT2D eigenvalue weighted by atomic mass is 10.0. The molecular weight excluding hydrogens is 342 g/mol. The molecule has 0 spiro atoms. The van der Waals surface area contributed by atoms with Gasteiger partial charge in [-0.3, -0.25) is 9.59 Å². The topological polar surface area (TPSA) is 78.2 Å². The molecule has 2 N–H and O–H groups in total. The molecule has 2 fully saturated rings. The van der Waals surface area contributed by atoms with Crippen molar-refractivity contribution in [3.63, 3.8) is 0 Å². The van der Waals surface area contributed by atoms with Gasteiger partial charge in [0.05, 0.1) is 6.54 Å². The summed E-state index contributed by atoms with van der Waals surface area (Å²) in [7, 11) is 0. The van der Waals surface area contributed by atoms with Gasteiger partial charge in [-0.1, -0.05) is 25.2 Å². The average Bonchev–Trinajstić information content (AvgIpc) is 3.11. The SMILES string of the molecule is [C-]#[N+]NC(=NC1CCCCN(CC(=O)C2CCCC2)C1=O)NC(C)(C)CC. The second kappa shape index (κ2) is 9.72. The largest absolute Gasteiger partial charge is 0.346 e. The van der Waals surface area contributed by atoms with E-state index in [2.05, 4.69) is 27.6 Å². The number of nitrogens with zero attached hydrogens (tertiary/aromatic N) is 3. The minimum atomic E-state index is -0.548. The van der Waals surface area contributed by atoms with Gasteiger partial charge in [0.15, 0.2) is 5.78 Å². The normalized spacial score (nSPS) is 22.3. The number of Topliss-reactive ketones (excluding diaryl/α,β-unsaturated/α-hetero) is 1. The monoisotopic (exact) mass is 375 g/mol. The van der Waals surface area contributed by atoms with Crippen LogP contribution in [0.3, 0.4) is 0 Å². The molecule has 1 aliphatic heterocycles. The van der Waals surface area contributed by atoms with Crippen LogP contribution in [0, 0.1) is 12.5 Å². The Kier molecular flexibility index (Phi) is 7.64. The van der Waals surface area contributed by atoms with Crippen molar-refractivity contribution in [3.8, 4) is 0 Å². The molecule has 1 amide bonds. The first-order valence-electron chi connectivity index (χ1n) is 10.2. The highest BCUT2D eigenvalue weighted by molar-refractivity contribution is 5.91. The van der Waals surface area contributed by atoms with Gasteiger partial charge in [-0.15, -0.1) is 0 Å². The highest BCUT2D eigenvalue weighted by Gasteiger charge is 2.31. The maximum absolute atomic E-state index is 13.0. The summed E-state index contributed by atoms with van der Waals surface area (Å²) in [5.41, 5.74) is 2.32. The van der Waals surface area contributed by atoms with E-state index in [0.717, 1.165) is 44.9 Å². The zero-order valence-corrected chi connectivity index (χ0v) is 16.9. The molecule has 0 aromatic carbocycles. The van der Waals surface area contributed by atoms with Crippen LogP contribution >= 0.6 is 0 Å². The maximum Gasteiger partial charge on any atom is 0.263 e. The lowest BCUT2D eigenvalue weighted by Gasteiger charge is -2.26. The second-order valence-corrected chi connectivity index (χ2v) is 8.28. The van der Waals surface area contributed by atoms with E-state index in [1.165, 1.54) is 0 Å². The van der Waals surface area contributed by atoms with Crippen molar-refractivity contribution in [2.24, 2.45) is 10.9 Å². The van der Waals surface area contributed by atoms with Gasteiger partial charge >= 0.3 is 0 Å². The lowest BCUT2D eigenvalue weighted by Crippen LogP contribution is -2.49. The first-order valence-corrected chi connectivity index (χ1v) is 10.2. The maximum atomic E-state index is 13.0. The summed E-state index contributed by atoms with van der Waals surface area (Å²) >= 11 is 0. The van der Waals surface area contributed by atoms with Crippen molar-refractivity contribution in [2.45, 2.75) is 83.7 Å². The number of carbonyl (C=O) groups is 2. The Bertz CT molecular complexity index is 602. The number of amides is 1. The van der Waals surface area contributed by atoms with Crippen LogP contribution in [0.5, 0.6) is 0 Å². The van der Waals surface area contributed by atoms with Gasteiger partial charge in [-0.25, -0.2) is 4.99 Å². The van der Waals surface area contributed by atoms with E-state index in [0.29, 0.717) is 18.9 Å². The van der Waals surface area contributed by atoms with Gasteiger partial charge < -0.3 is 10.2 Å². The van der Waals surface area contributed by atoms with Crippen LogP contribution in [-0.4, -0.2) is 47.2 Å². The molecule has 7 nitrogen and oxygen atoms in total. The van der Waals surface area contributed by atoms with Gasteiger partial charge in [0.25, 0.3) is 5.96 Å². The van der Waals surface area contributed by atoms with Crippen LogP contribution in [0.15, 0.2) is 4.99 Å². The summed E-state index contributed by atoms with van der Waals surface area (Å²) in [5.74, 6) is 0.544.